The number of carboxylic acids is 2. The van der Waals surface area contributed by atoms with Crippen molar-refractivity contribution in [1.82, 2.24) is 10.2 Å². The molecule has 8 nitrogen and oxygen atoms in total. The Bertz CT molecular complexity index is 909. The van der Waals surface area contributed by atoms with Gasteiger partial charge in [0.1, 0.15) is 5.54 Å². The van der Waals surface area contributed by atoms with Gasteiger partial charge < -0.3 is 10.2 Å². The van der Waals surface area contributed by atoms with Crippen molar-refractivity contribution in [3.63, 3.8) is 0 Å². The van der Waals surface area contributed by atoms with Crippen molar-refractivity contribution in [2.75, 3.05) is 0 Å². The largest absolute Gasteiger partial charge is 0.481 e. The van der Waals surface area contributed by atoms with Gasteiger partial charge in [-0.25, -0.2) is 0 Å². The molecule has 1 aromatic carbocycles. The average molecular weight is 414 g/mol. The lowest BCUT2D eigenvalue weighted by Gasteiger charge is -2.34. The van der Waals surface area contributed by atoms with Gasteiger partial charge in [-0.2, -0.15) is 0 Å². The van der Waals surface area contributed by atoms with Crippen LogP contribution in [0.25, 0.3) is 0 Å². The van der Waals surface area contributed by atoms with E-state index in [1.807, 2.05) is 19.1 Å². The van der Waals surface area contributed by atoms with Gasteiger partial charge in [0.05, 0.1) is 18.3 Å². The topological polar surface area (TPSA) is 124 Å². The van der Waals surface area contributed by atoms with Crippen LogP contribution in [0.5, 0.6) is 0 Å². The molecule has 8 heteroatoms. The number of benzene rings is 1. The van der Waals surface area contributed by atoms with E-state index in [2.05, 4.69) is 5.32 Å². The van der Waals surface area contributed by atoms with Crippen molar-refractivity contribution in [1.29, 1.82) is 0 Å². The molecule has 30 heavy (non-hydrogen) atoms. The number of carbonyl (C=O) groups is 4. The van der Waals surface area contributed by atoms with Gasteiger partial charge in [-0.05, 0) is 30.9 Å². The molecule has 2 saturated heterocycles. The Balaban J connectivity index is 1.83. The highest BCUT2D eigenvalue weighted by atomic mass is 16.4. The highest BCUT2D eigenvalue weighted by Gasteiger charge is 2.69. The van der Waals surface area contributed by atoms with Crippen molar-refractivity contribution in [2.24, 2.45) is 11.8 Å². The normalized spacial score (nSPS) is 31.8. The number of carboxylic acid groups (broad SMARTS) is 2. The second kappa shape index (κ2) is 7.50. The van der Waals surface area contributed by atoms with E-state index < -0.39 is 47.7 Å². The van der Waals surface area contributed by atoms with E-state index in [1.165, 1.54) is 4.90 Å². The second-order valence-electron chi connectivity index (χ2n) is 8.67. The summed E-state index contributed by atoms with van der Waals surface area (Å²) in [6.07, 6.45) is 3.51. The zero-order valence-corrected chi connectivity index (χ0v) is 16.8. The van der Waals surface area contributed by atoms with Crippen LogP contribution in [-0.4, -0.2) is 50.4 Å². The average Bonchev–Trinajstić information content (AvgIpc) is 3.17. The third-order valence-corrected chi connectivity index (χ3v) is 6.96. The smallest absolute Gasteiger partial charge is 0.325 e. The molecule has 4 rings (SSSR count). The Morgan fingerprint density at radius 1 is 1.10 bits per heavy atom. The van der Waals surface area contributed by atoms with Crippen molar-refractivity contribution in [3.05, 3.63) is 35.4 Å². The van der Waals surface area contributed by atoms with Crippen LogP contribution in [0.2, 0.25) is 0 Å². The molecule has 3 aliphatic rings. The molecule has 4 unspecified atom stereocenters. The number of rotatable bonds is 5. The number of carbonyl (C=O) groups excluding carboxylic acids is 2. The van der Waals surface area contributed by atoms with Crippen LogP contribution in [0.15, 0.2) is 24.3 Å². The van der Waals surface area contributed by atoms with Crippen molar-refractivity contribution >= 4 is 23.8 Å². The molecule has 3 fully saturated rings. The quantitative estimate of drug-likeness (QED) is 0.628. The molecule has 0 aromatic heterocycles. The van der Waals surface area contributed by atoms with Gasteiger partial charge in [-0.3, -0.25) is 29.4 Å². The van der Waals surface area contributed by atoms with Crippen LogP contribution >= 0.6 is 0 Å². The van der Waals surface area contributed by atoms with E-state index >= 15 is 0 Å². The lowest BCUT2D eigenvalue weighted by Crippen LogP contribution is -2.57. The summed E-state index contributed by atoms with van der Waals surface area (Å²) in [5.74, 6) is -5.86. The van der Waals surface area contributed by atoms with E-state index in [4.69, 9.17) is 0 Å². The number of amides is 2. The maximum absolute atomic E-state index is 13.5. The lowest BCUT2D eigenvalue weighted by molar-refractivity contribution is -0.156. The molecule has 0 bridgehead atoms. The maximum Gasteiger partial charge on any atom is 0.325 e. The zero-order valence-electron chi connectivity index (χ0n) is 16.8. The molecule has 0 spiro atoms. The first-order valence-corrected chi connectivity index (χ1v) is 10.4. The predicted molar refractivity (Wildman–Crippen MR) is 105 cm³/mol. The summed E-state index contributed by atoms with van der Waals surface area (Å²) in [7, 11) is 0. The van der Waals surface area contributed by atoms with E-state index in [0.717, 1.165) is 24.8 Å². The number of aliphatic carboxylic acids is 2. The molecule has 2 amide bonds. The summed E-state index contributed by atoms with van der Waals surface area (Å²) in [6, 6.07) is 6.29. The Hall–Kier alpha value is -2.74. The Morgan fingerprint density at radius 2 is 1.77 bits per heavy atom. The summed E-state index contributed by atoms with van der Waals surface area (Å²) in [5, 5.41) is 22.5. The number of imide groups is 1. The summed E-state index contributed by atoms with van der Waals surface area (Å²) in [4.78, 5) is 52.3. The fraction of sp³-hybridized carbons (Fsp3) is 0.545. The van der Waals surface area contributed by atoms with Crippen LogP contribution in [0.4, 0.5) is 0 Å². The highest BCUT2D eigenvalue weighted by molar-refractivity contribution is 6.10. The van der Waals surface area contributed by atoms with E-state index in [-0.39, 0.29) is 11.9 Å². The molecule has 2 heterocycles. The fourth-order valence-electron chi connectivity index (χ4n) is 5.60. The van der Waals surface area contributed by atoms with Crippen molar-refractivity contribution in [3.8, 4) is 0 Å². The van der Waals surface area contributed by atoms with Crippen LogP contribution in [0.1, 0.15) is 55.7 Å². The molecule has 1 saturated carbocycles. The Morgan fingerprint density at radius 3 is 2.37 bits per heavy atom. The molecule has 160 valence electrons. The van der Waals surface area contributed by atoms with Crippen molar-refractivity contribution in [2.45, 2.75) is 63.1 Å². The summed E-state index contributed by atoms with van der Waals surface area (Å²) < 4.78 is 0. The molecule has 0 radical (unpaired) electrons. The zero-order chi connectivity index (χ0) is 21.6. The molecule has 1 aliphatic carbocycles. The number of hydrogen-bond acceptors (Lipinski definition) is 5. The van der Waals surface area contributed by atoms with Gasteiger partial charge in [0.25, 0.3) is 0 Å². The summed E-state index contributed by atoms with van der Waals surface area (Å²) >= 11 is 0. The number of nitrogens with zero attached hydrogens (tertiary/aromatic N) is 1. The number of hydrogen-bond donors (Lipinski definition) is 3. The lowest BCUT2D eigenvalue weighted by atomic mass is 9.77. The van der Waals surface area contributed by atoms with Gasteiger partial charge in [0.15, 0.2) is 0 Å². The number of likely N-dealkylation sites (tertiary alicyclic amines) is 1. The van der Waals surface area contributed by atoms with Crippen LogP contribution in [-0.2, 0) is 19.2 Å². The van der Waals surface area contributed by atoms with Gasteiger partial charge in [-0.1, -0.05) is 43.5 Å². The van der Waals surface area contributed by atoms with E-state index in [9.17, 15) is 29.4 Å². The minimum Gasteiger partial charge on any atom is -0.481 e. The molecular formula is C22H26N2O6. The first-order chi connectivity index (χ1) is 14.3. The third kappa shape index (κ3) is 3.01. The first-order valence-electron chi connectivity index (χ1n) is 10.4. The number of nitrogens with one attached hydrogen (secondary N) is 1. The Labute approximate surface area is 174 Å². The van der Waals surface area contributed by atoms with Gasteiger partial charge in [-0.15, -0.1) is 0 Å². The van der Waals surface area contributed by atoms with E-state index in [0.29, 0.717) is 18.4 Å². The standard InChI is InChI=1S/C22H26N2O6/c1-12-7-5-6-10-14(12)18-16-17(22(23-18,21(29)30)11-15(25)26)20(28)24(19(16)27)13-8-3-2-4-9-13/h5-7,10,13,16-18,23H,2-4,8-9,11H2,1H3,(H,25,26)(H,29,30). The minimum atomic E-state index is -2.03. The number of fused-ring (bicyclic) bond motifs is 1. The van der Waals surface area contributed by atoms with Gasteiger partial charge >= 0.3 is 11.9 Å². The fourth-order valence-corrected chi connectivity index (χ4v) is 5.60. The predicted octanol–water partition coefficient (Wildman–Crippen LogP) is 1.87. The maximum atomic E-state index is 13.5. The SMILES string of the molecule is Cc1ccccc1C1NC(CC(=O)O)(C(=O)O)C2C(=O)N(C3CCCCC3)C(=O)C12. The van der Waals surface area contributed by atoms with E-state index in [1.54, 1.807) is 12.1 Å². The van der Waals surface area contributed by atoms with Crippen LogP contribution < -0.4 is 5.32 Å². The molecule has 2 aliphatic heterocycles. The van der Waals surface area contributed by atoms with Crippen LogP contribution in [0, 0.1) is 18.8 Å². The third-order valence-electron chi connectivity index (χ3n) is 6.96. The minimum absolute atomic E-state index is 0.238. The highest BCUT2D eigenvalue weighted by Crippen LogP contribution is 2.51. The van der Waals surface area contributed by atoms with Crippen LogP contribution in [0.3, 0.4) is 0 Å². The first kappa shape index (κ1) is 20.5. The summed E-state index contributed by atoms with van der Waals surface area (Å²) in [5.41, 5.74) is -0.464. The molecule has 3 N–H and O–H groups in total. The Kier molecular flexibility index (Phi) is 5.13. The molecule has 1 aromatic rings. The van der Waals surface area contributed by atoms with Crippen molar-refractivity contribution < 1.29 is 29.4 Å². The van der Waals surface area contributed by atoms with Gasteiger partial charge in [0, 0.05) is 12.1 Å². The molecular weight excluding hydrogens is 388 g/mol. The summed E-state index contributed by atoms with van der Waals surface area (Å²) in [6.45, 7) is 1.85. The molecule has 4 atom stereocenters. The number of aryl methyl sites for hydroxylation is 1. The second-order valence-corrected chi connectivity index (χ2v) is 8.67. The monoisotopic (exact) mass is 414 g/mol. The van der Waals surface area contributed by atoms with Gasteiger partial charge in [0.2, 0.25) is 11.8 Å².